The Hall–Kier alpha value is -1.00. The molecule has 12 heavy (non-hydrogen) atoms. The first-order valence-corrected chi connectivity index (χ1v) is 3.77. The molecule has 0 aliphatic heterocycles. The summed E-state index contributed by atoms with van der Waals surface area (Å²) >= 11 is 5.59. The third-order valence-electron chi connectivity index (χ3n) is 1.19. The van der Waals surface area contributed by atoms with Crippen LogP contribution in [0.4, 0.5) is 5.69 Å². The first kappa shape index (κ1) is 9.09. The summed E-state index contributed by atoms with van der Waals surface area (Å²) in [6, 6.07) is 3.17. The number of hydrogen-bond donors (Lipinski definition) is 2. The van der Waals surface area contributed by atoms with Crippen molar-refractivity contribution in [2.75, 3.05) is 18.9 Å². The minimum absolute atomic E-state index is 0.0758. The van der Waals surface area contributed by atoms with Crippen LogP contribution in [0.3, 0.4) is 0 Å². The number of anilines is 1. The molecule has 0 fully saturated rings. The van der Waals surface area contributed by atoms with Crippen molar-refractivity contribution in [3.05, 3.63) is 17.3 Å². The van der Waals surface area contributed by atoms with Gasteiger partial charge in [0, 0.05) is 0 Å². The van der Waals surface area contributed by atoms with Crippen molar-refractivity contribution < 1.29 is 9.84 Å². The van der Waals surface area contributed by atoms with Crippen LogP contribution in [-0.4, -0.2) is 23.3 Å². The van der Waals surface area contributed by atoms with Gasteiger partial charge in [0.05, 0.1) is 12.3 Å². The van der Waals surface area contributed by atoms with Crippen LogP contribution < -0.4 is 10.5 Å². The van der Waals surface area contributed by atoms with Gasteiger partial charge in [0.1, 0.15) is 11.8 Å². The Morgan fingerprint density at radius 3 is 3.00 bits per heavy atom. The Kier molecular flexibility index (Phi) is 3.13. The van der Waals surface area contributed by atoms with Crippen molar-refractivity contribution in [3.8, 4) is 5.88 Å². The van der Waals surface area contributed by atoms with Crippen molar-refractivity contribution >= 4 is 17.3 Å². The van der Waals surface area contributed by atoms with Crippen LogP contribution >= 0.6 is 11.6 Å². The van der Waals surface area contributed by atoms with Crippen LogP contribution in [-0.2, 0) is 0 Å². The van der Waals surface area contributed by atoms with Crippen molar-refractivity contribution in [2.24, 2.45) is 0 Å². The van der Waals surface area contributed by atoms with Crippen LogP contribution in [0.1, 0.15) is 0 Å². The number of pyridine rings is 1. The van der Waals surface area contributed by atoms with Gasteiger partial charge in [0.15, 0.2) is 0 Å². The molecule has 0 amide bonds. The van der Waals surface area contributed by atoms with E-state index < -0.39 is 0 Å². The molecule has 0 radical (unpaired) electrons. The van der Waals surface area contributed by atoms with Gasteiger partial charge in [-0.25, -0.2) is 0 Å². The highest BCUT2D eigenvalue weighted by atomic mass is 35.5. The summed E-state index contributed by atoms with van der Waals surface area (Å²) in [5, 5.41) is 8.78. The molecular weight excluding hydrogens is 180 g/mol. The molecule has 0 saturated carbocycles. The number of hydrogen-bond acceptors (Lipinski definition) is 4. The zero-order chi connectivity index (χ0) is 8.97. The molecule has 4 nitrogen and oxygen atoms in total. The van der Waals surface area contributed by atoms with E-state index in [0.717, 1.165) is 0 Å². The molecule has 0 saturated heterocycles. The number of aromatic nitrogens is 1. The van der Waals surface area contributed by atoms with E-state index in [9.17, 15) is 0 Å². The van der Waals surface area contributed by atoms with Gasteiger partial charge in [-0.15, -0.1) is 0 Å². The quantitative estimate of drug-likeness (QED) is 0.685. The molecule has 1 aromatic rings. The molecule has 1 heterocycles. The van der Waals surface area contributed by atoms with Gasteiger partial charge in [0.25, 0.3) is 0 Å². The highest BCUT2D eigenvalue weighted by Crippen LogP contribution is 2.20. The summed E-state index contributed by atoms with van der Waals surface area (Å²) in [5.41, 5.74) is 5.91. The normalized spacial score (nSPS) is 9.83. The average Bonchev–Trinajstić information content (AvgIpc) is 2.07. The van der Waals surface area contributed by atoms with E-state index in [1.165, 1.54) is 0 Å². The Labute approximate surface area is 74.9 Å². The second-order valence-electron chi connectivity index (χ2n) is 2.10. The molecule has 0 bridgehead atoms. The molecule has 66 valence electrons. The minimum atomic E-state index is -0.0758. The van der Waals surface area contributed by atoms with Gasteiger partial charge >= 0.3 is 0 Å². The zero-order valence-corrected chi connectivity index (χ0v) is 7.08. The lowest BCUT2D eigenvalue weighted by molar-refractivity contribution is 0.197. The van der Waals surface area contributed by atoms with Crippen LogP contribution in [0.25, 0.3) is 0 Å². The van der Waals surface area contributed by atoms with Gasteiger partial charge in [-0.2, -0.15) is 4.98 Å². The third-order valence-corrected chi connectivity index (χ3v) is 1.40. The van der Waals surface area contributed by atoms with E-state index >= 15 is 0 Å². The van der Waals surface area contributed by atoms with Gasteiger partial charge in [0.2, 0.25) is 5.88 Å². The molecule has 1 rings (SSSR count). The van der Waals surface area contributed by atoms with Crippen LogP contribution in [0.15, 0.2) is 12.1 Å². The monoisotopic (exact) mass is 188 g/mol. The SMILES string of the molecule is Nc1ccc(Cl)nc1OCCO. The predicted molar refractivity (Wildman–Crippen MR) is 46.2 cm³/mol. The lowest BCUT2D eigenvalue weighted by Gasteiger charge is -2.05. The van der Waals surface area contributed by atoms with E-state index in [4.69, 9.17) is 27.2 Å². The maximum atomic E-state index is 8.46. The largest absolute Gasteiger partial charge is 0.474 e. The summed E-state index contributed by atoms with van der Waals surface area (Å²) < 4.78 is 5.00. The molecule has 0 aromatic carbocycles. The third kappa shape index (κ3) is 2.25. The molecule has 3 N–H and O–H groups in total. The highest BCUT2D eigenvalue weighted by molar-refractivity contribution is 6.29. The summed E-state index contributed by atoms with van der Waals surface area (Å²) in [4.78, 5) is 3.82. The topological polar surface area (TPSA) is 68.4 Å². The maximum absolute atomic E-state index is 8.46. The van der Waals surface area contributed by atoms with Gasteiger partial charge in [-0.1, -0.05) is 11.6 Å². The number of nitrogens with zero attached hydrogens (tertiary/aromatic N) is 1. The molecule has 1 aromatic heterocycles. The summed E-state index contributed by atoms with van der Waals surface area (Å²) in [5.74, 6) is 0.261. The van der Waals surface area contributed by atoms with Gasteiger partial charge in [-0.3, -0.25) is 0 Å². The van der Waals surface area contributed by atoms with E-state index in [2.05, 4.69) is 4.98 Å². The van der Waals surface area contributed by atoms with Crippen molar-refractivity contribution in [1.29, 1.82) is 0 Å². The number of aliphatic hydroxyl groups excluding tert-OH is 1. The number of rotatable bonds is 3. The number of halogens is 1. The lowest BCUT2D eigenvalue weighted by atomic mass is 10.4. The first-order chi connectivity index (χ1) is 5.74. The zero-order valence-electron chi connectivity index (χ0n) is 6.33. The molecular formula is C7H9ClN2O2. The molecule has 0 unspecified atom stereocenters. The summed E-state index contributed by atoms with van der Waals surface area (Å²) in [6.45, 7) is 0.0885. The average molecular weight is 189 g/mol. The molecule has 0 aliphatic rings. The van der Waals surface area contributed by atoms with Crippen LogP contribution in [0.2, 0.25) is 5.15 Å². The van der Waals surface area contributed by atoms with Crippen LogP contribution in [0, 0.1) is 0 Å². The molecule has 5 heteroatoms. The highest BCUT2D eigenvalue weighted by Gasteiger charge is 2.01. The van der Waals surface area contributed by atoms with Crippen LogP contribution in [0.5, 0.6) is 5.88 Å². The van der Waals surface area contributed by atoms with Gasteiger partial charge < -0.3 is 15.6 Å². The number of nitrogen functional groups attached to an aromatic ring is 1. The standard InChI is InChI=1S/C7H9ClN2O2/c8-6-2-1-5(9)7(10-6)12-4-3-11/h1-2,11H,3-4,9H2. The second kappa shape index (κ2) is 4.13. The maximum Gasteiger partial charge on any atom is 0.238 e. The van der Waals surface area contributed by atoms with E-state index in [1.54, 1.807) is 12.1 Å². The molecule has 0 spiro atoms. The summed E-state index contributed by atoms with van der Waals surface area (Å²) in [6.07, 6.45) is 0. The smallest absolute Gasteiger partial charge is 0.238 e. The second-order valence-corrected chi connectivity index (χ2v) is 2.49. The lowest BCUT2D eigenvalue weighted by Crippen LogP contribution is -2.05. The Morgan fingerprint density at radius 1 is 1.58 bits per heavy atom. The Balaban J connectivity index is 2.75. The fourth-order valence-electron chi connectivity index (χ4n) is 0.687. The van der Waals surface area contributed by atoms with Crippen molar-refractivity contribution in [1.82, 2.24) is 4.98 Å². The van der Waals surface area contributed by atoms with Gasteiger partial charge in [-0.05, 0) is 12.1 Å². The fraction of sp³-hybridized carbons (Fsp3) is 0.286. The van der Waals surface area contributed by atoms with Crippen molar-refractivity contribution in [2.45, 2.75) is 0 Å². The minimum Gasteiger partial charge on any atom is -0.474 e. The Morgan fingerprint density at radius 2 is 2.33 bits per heavy atom. The fourth-order valence-corrected chi connectivity index (χ4v) is 0.826. The predicted octanol–water partition coefficient (Wildman–Crippen LogP) is 0.688. The van der Waals surface area contributed by atoms with Crippen molar-refractivity contribution in [3.63, 3.8) is 0 Å². The van der Waals surface area contributed by atoms with E-state index in [-0.39, 0.29) is 19.1 Å². The van der Waals surface area contributed by atoms with E-state index in [0.29, 0.717) is 10.8 Å². The molecule has 0 aliphatic carbocycles. The Bertz CT molecular complexity index is 268. The number of nitrogens with two attached hydrogens (primary N) is 1. The number of ether oxygens (including phenoxy) is 1. The first-order valence-electron chi connectivity index (χ1n) is 3.39. The van der Waals surface area contributed by atoms with E-state index in [1.807, 2.05) is 0 Å². The molecule has 0 atom stereocenters. The number of aliphatic hydroxyl groups is 1. The summed E-state index contributed by atoms with van der Waals surface area (Å²) in [7, 11) is 0.